The molecule has 1 aromatic rings. The van der Waals surface area contributed by atoms with Crippen molar-refractivity contribution in [3.63, 3.8) is 0 Å². The van der Waals surface area contributed by atoms with Gasteiger partial charge in [0, 0.05) is 3.58 Å². The van der Waals surface area contributed by atoms with Crippen LogP contribution < -0.4 is 0 Å². The first-order chi connectivity index (χ1) is 7.93. The maximum Gasteiger partial charge on any atom is 0.0930 e. The molecule has 1 aromatic carbocycles. The Morgan fingerprint density at radius 1 is 1.18 bits per heavy atom. The third-order valence-electron chi connectivity index (χ3n) is 2.66. The Labute approximate surface area is 118 Å². The number of benzene rings is 1. The van der Waals surface area contributed by atoms with E-state index in [-0.39, 0.29) is 5.60 Å². The molecule has 0 radical (unpaired) electrons. The maximum absolute atomic E-state index is 5.99. The number of allylic oxidation sites excluding steroid dienone is 1. The molecule has 0 aromatic heterocycles. The molecule has 94 valence electrons. The van der Waals surface area contributed by atoms with Crippen molar-refractivity contribution >= 4 is 22.6 Å². The average Bonchev–Trinajstić information content (AvgIpc) is 2.29. The van der Waals surface area contributed by atoms with Gasteiger partial charge in [0.05, 0.1) is 12.2 Å². The van der Waals surface area contributed by atoms with E-state index in [1.807, 2.05) is 6.07 Å². The van der Waals surface area contributed by atoms with Crippen molar-refractivity contribution in [2.75, 3.05) is 6.61 Å². The molecule has 17 heavy (non-hydrogen) atoms. The number of halogens is 1. The quantitative estimate of drug-likeness (QED) is 0.700. The van der Waals surface area contributed by atoms with Gasteiger partial charge in [-0.1, -0.05) is 35.9 Å². The Morgan fingerprint density at radius 3 is 2.29 bits per heavy atom. The molecular formula is C15H21IO. The Bertz CT molecular complexity index is 375. The van der Waals surface area contributed by atoms with Gasteiger partial charge in [0.2, 0.25) is 0 Å². The Balaban J connectivity index is 2.49. The Morgan fingerprint density at radius 2 is 1.76 bits per heavy atom. The van der Waals surface area contributed by atoms with Gasteiger partial charge in [-0.3, -0.25) is 0 Å². The van der Waals surface area contributed by atoms with Gasteiger partial charge in [-0.25, -0.2) is 0 Å². The van der Waals surface area contributed by atoms with Gasteiger partial charge in [0.15, 0.2) is 0 Å². The van der Waals surface area contributed by atoms with Gasteiger partial charge in [0.1, 0.15) is 0 Å². The zero-order valence-electron chi connectivity index (χ0n) is 11.1. The lowest BCUT2D eigenvalue weighted by Gasteiger charge is -2.26. The van der Waals surface area contributed by atoms with Gasteiger partial charge in [-0.05, 0) is 62.3 Å². The van der Waals surface area contributed by atoms with E-state index >= 15 is 0 Å². The predicted octanol–water partition coefficient (Wildman–Crippen LogP) is 4.75. The fourth-order valence-electron chi connectivity index (χ4n) is 1.73. The minimum absolute atomic E-state index is 0.172. The van der Waals surface area contributed by atoms with E-state index < -0.39 is 0 Å². The second kappa shape index (κ2) is 6.55. The van der Waals surface area contributed by atoms with Crippen LogP contribution in [0.15, 0.2) is 39.5 Å². The summed E-state index contributed by atoms with van der Waals surface area (Å²) in [4.78, 5) is 0. The van der Waals surface area contributed by atoms with Crippen molar-refractivity contribution in [1.29, 1.82) is 0 Å². The summed E-state index contributed by atoms with van der Waals surface area (Å²) >= 11 is 2.38. The summed E-state index contributed by atoms with van der Waals surface area (Å²) in [6.07, 6.45) is 0.969. The van der Waals surface area contributed by atoms with Gasteiger partial charge < -0.3 is 4.74 Å². The molecular weight excluding hydrogens is 323 g/mol. The number of ether oxygens (including phenoxy) is 1. The van der Waals surface area contributed by atoms with Crippen LogP contribution in [0.5, 0.6) is 0 Å². The van der Waals surface area contributed by atoms with Crippen molar-refractivity contribution < 1.29 is 4.74 Å². The lowest BCUT2D eigenvalue weighted by Crippen LogP contribution is -2.26. The molecule has 0 atom stereocenters. The van der Waals surface area contributed by atoms with Crippen LogP contribution in [0.1, 0.15) is 33.3 Å². The number of hydrogen-bond acceptors (Lipinski definition) is 1. The summed E-state index contributed by atoms with van der Waals surface area (Å²) in [5.41, 5.74) is 2.49. The van der Waals surface area contributed by atoms with Crippen LogP contribution in [0.2, 0.25) is 0 Å². The molecule has 2 heteroatoms. The molecule has 0 heterocycles. The third-order valence-corrected chi connectivity index (χ3v) is 5.04. The molecule has 1 nitrogen and oxygen atoms in total. The molecule has 0 aliphatic rings. The first-order valence-corrected chi connectivity index (χ1v) is 7.02. The van der Waals surface area contributed by atoms with Crippen molar-refractivity contribution in [2.45, 2.75) is 39.7 Å². The van der Waals surface area contributed by atoms with Crippen molar-refractivity contribution in [2.24, 2.45) is 0 Å². The molecule has 0 bridgehead atoms. The van der Waals surface area contributed by atoms with E-state index in [0.717, 1.165) is 13.0 Å². The largest absolute Gasteiger partial charge is 0.370 e. The van der Waals surface area contributed by atoms with Crippen molar-refractivity contribution in [1.82, 2.24) is 0 Å². The van der Waals surface area contributed by atoms with Crippen LogP contribution in [0, 0.1) is 0 Å². The van der Waals surface area contributed by atoms with Crippen molar-refractivity contribution in [3.8, 4) is 0 Å². The first kappa shape index (κ1) is 14.7. The molecule has 1 rings (SSSR count). The first-order valence-electron chi connectivity index (χ1n) is 5.95. The SMILES string of the molecule is CC(C)=C(I)C(C)(C)OCCc1ccccc1. The highest BCUT2D eigenvalue weighted by Crippen LogP contribution is 2.29. The molecule has 0 saturated heterocycles. The standard InChI is InChI=1S/C15H21IO/c1-12(2)14(16)15(3,4)17-11-10-13-8-6-5-7-9-13/h5-9H,10-11H2,1-4H3. The zero-order valence-corrected chi connectivity index (χ0v) is 13.2. The molecule has 0 amide bonds. The fourth-order valence-corrected chi connectivity index (χ4v) is 1.89. The highest BCUT2D eigenvalue weighted by atomic mass is 127. The normalized spacial score (nSPS) is 11.4. The molecule has 0 spiro atoms. The maximum atomic E-state index is 5.99. The topological polar surface area (TPSA) is 9.23 Å². The number of hydrogen-bond donors (Lipinski definition) is 0. The Kier molecular flexibility index (Phi) is 5.67. The fraction of sp³-hybridized carbons (Fsp3) is 0.467. The highest BCUT2D eigenvalue weighted by molar-refractivity contribution is 14.1. The van der Waals surface area contributed by atoms with Crippen LogP contribution >= 0.6 is 22.6 Å². The van der Waals surface area contributed by atoms with E-state index in [0.29, 0.717) is 0 Å². The van der Waals surface area contributed by atoms with Crippen LogP contribution in [0.4, 0.5) is 0 Å². The summed E-state index contributed by atoms with van der Waals surface area (Å²) in [7, 11) is 0. The van der Waals surface area contributed by atoms with E-state index in [1.165, 1.54) is 14.7 Å². The second-order valence-electron chi connectivity index (χ2n) is 4.91. The van der Waals surface area contributed by atoms with E-state index in [2.05, 4.69) is 74.6 Å². The van der Waals surface area contributed by atoms with Gasteiger partial charge in [-0.15, -0.1) is 0 Å². The zero-order chi connectivity index (χ0) is 12.9. The van der Waals surface area contributed by atoms with E-state index in [1.54, 1.807) is 0 Å². The lowest BCUT2D eigenvalue weighted by molar-refractivity contribution is 0.0196. The van der Waals surface area contributed by atoms with Gasteiger partial charge >= 0.3 is 0 Å². The van der Waals surface area contributed by atoms with Crippen LogP contribution in [0.3, 0.4) is 0 Å². The summed E-state index contributed by atoms with van der Waals surface area (Å²) in [5, 5.41) is 0. The number of rotatable bonds is 5. The van der Waals surface area contributed by atoms with Crippen LogP contribution in [-0.4, -0.2) is 12.2 Å². The molecule has 0 aliphatic carbocycles. The third kappa shape index (κ3) is 4.80. The summed E-state index contributed by atoms with van der Waals surface area (Å²) in [5.74, 6) is 0. The average molecular weight is 344 g/mol. The monoisotopic (exact) mass is 344 g/mol. The molecule has 0 fully saturated rings. The van der Waals surface area contributed by atoms with E-state index in [4.69, 9.17) is 4.74 Å². The summed E-state index contributed by atoms with van der Waals surface area (Å²) in [6, 6.07) is 10.5. The van der Waals surface area contributed by atoms with Crippen LogP contribution in [0.25, 0.3) is 0 Å². The Hall–Kier alpha value is -0.350. The smallest absolute Gasteiger partial charge is 0.0930 e. The highest BCUT2D eigenvalue weighted by Gasteiger charge is 2.22. The second-order valence-corrected chi connectivity index (χ2v) is 5.99. The minimum Gasteiger partial charge on any atom is -0.370 e. The summed E-state index contributed by atoms with van der Waals surface area (Å²) < 4.78 is 7.29. The predicted molar refractivity (Wildman–Crippen MR) is 82.6 cm³/mol. The molecule has 0 saturated carbocycles. The van der Waals surface area contributed by atoms with Crippen LogP contribution in [-0.2, 0) is 11.2 Å². The van der Waals surface area contributed by atoms with Crippen molar-refractivity contribution in [3.05, 3.63) is 45.0 Å². The summed E-state index contributed by atoms with van der Waals surface area (Å²) in [6.45, 7) is 9.28. The molecule has 0 unspecified atom stereocenters. The van der Waals surface area contributed by atoms with Gasteiger partial charge in [0.25, 0.3) is 0 Å². The van der Waals surface area contributed by atoms with Gasteiger partial charge in [-0.2, -0.15) is 0 Å². The minimum atomic E-state index is -0.172. The molecule has 0 N–H and O–H groups in total. The lowest BCUT2D eigenvalue weighted by atomic mass is 10.1. The van der Waals surface area contributed by atoms with E-state index in [9.17, 15) is 0 Å². The molecule has 0 aliphatic heterocycles.